The predicted molar refractivity (Wildman–Crippen MR) is 61.6 cm³/mol. The smallest absolute Gasteiger partial charge is 0.0720 e. The maximum atomic E-state index is 5.70. The molecule has 0 aliphatic heterocycles. The first kappa shape index (κ1) is 9.46. The van der Waals surface area contributed by atoms with Gasteiger partial charge in [0.15, 0.2) is 0 Å². The van der Waals surface area contributed by atoms with Crippen LogP contribution in [0.5, 0.6) is 0 Å². The molecule has 0 saturated heterocycles. The van der Waals surface area contributed by atoms with Crippen molar-refractivity contribution in [1.82, 2.24) is 0 Å². The molecular weight excluding hydrogens is 275 g/mol. The van der Waals surface area contributed by atoms with Crippen molar-refractivity contribution in [3.05, 3.63) is 33.4 Å². The fraction of sp³-hybridized carbons (Fsp3) is 0.455. The van der Waals surface area contributed by atoms with Gasteiger partial charge in [0.05, 0.1) is 12.7 Å². The topological polar surface area (TPSA) is 9.23 Å². The summed E-state index contributed by atoms with van der Waals surface area (Å²) in [7, 11) is 0. The van der Waals surface area contributed by atoms with Crippen molar-refractivity contribution in [2.45, 2.75) is 32.0 Å². The highest BCUT2D eigenvalue weighted by atomic mass is 127. The second-order valence-electron chi connectivity index (χ2n) is 3.49. The largest absolute Gasteiger partial charge is 0.374 e. The lowest BCUT2D eigenvalue weighted by molar-refractivity contribution is -0.00866. The Balaban J connectivity index is 1.83. The van der Waals surface area contributed by atoms with E-state index in [9.17, 15) is 0 Å². The van der Waals surface area contributed by atoms with Crippen LogP contribution >= 0.6 is 22.6 Å². The Morgan fingerprint density at radius 2 is 1.92 bits per heavy atom. The lowest BCUT2D eigenvalue weighted by atomic mass is 9.96. The third-order valence-corrected chi connectivity index (χ3v) is 3.17. The second-order valence-corrected chi connectivity index (χ2v) is 4.74. The molecule has 1 fully saturated rings. The predicted octanol–water partition coefficient (Wildman–Crippen LogP) is 3.36. The molecular formula is C11H13IO. The average Bonchev–Trinajstić information content (AvgIpc) is 2.05. The number of rotatable bonds is 3. The molecule has 1 aromatic rings. The Kier molecular flexibility index (Phi) is 3.22. The minimum Gasteiger partial charge on any atom is -0.374 e. The first-order valence-electron chi connectivity index (χ1n) is 4.70. The summed E-state index contributed by atoms with van der Waals surface area (Å²) in [6.45, 7) is 0.779. The van der Waals surface area contributed by atoms with Crippen LogP contribution in [0.15, 0.2) is 24.3 Å². The van der Waals surface area contributed by atoms with Gasteiger partial charge in [-0.1, -0.05) is 12.1 Å². The average molecular weight is 288 g/mol. The van der Waals surface area contributed by atoms with Crippen LogP contribution in [0.25, 0.3) is 0 Å². The van der Waals surface area contributed by atoms with Crippen LogP contribution in [0.2, 0.25) is 0 Å². The molecule has 2 rings (SSSR count). The monoisotopic (exact) mass is 288 g/mol. The molecule has 0 N–H and O–H groups in total. The lowest BCUT2D eigenvalue weighted by Gasteiger charge is -2.25. The molecule has 1 aromatic carbocycles. The van der Waals surface area contributed by atoms with E-state index in [1.165, 1.54) is 28.4 Å². The van der Waals surface area contributed by atoms with Crippen molar-refractivity contribution in [2.75, 3.05) is 0 Å². The van der Waals surface area contributed by atoms with Crippen molar-refractivity contribution < 1.29 is 4.74 Å². The summed E-state index contributed by atoms with van der Waals surface area (Å²) in [5, 5.41) is 0. The zero-order chi connectivity index (χ0) is 9.10. The highest BCUT2D eigenvalue weighted by molar-refractivity contribution is 14.1. The molecule has 1 aliphatic rings. The normalized spacial score (nSPS) is 17.0. The molecule has 0 bridgehead atoms. The number of benzene rings is 1. The van der Waals surface area contributed by atoms with E-state index < -0.39 is 0 Å². The zero-order valence-electron chi connectivity index (χ0n) is 7.50. The molecule has 70 valence electrons. The molecule has 0 spiro atoms. The van der Waals surface area contributed by atoms with Gasteiger partial charge in [-0.05, 0) is 59.5 Å². The van der Waals surface area contributed by atoms with Gasteiger partial charge in [-0.15, -0.1) is 0 Å². The van der Waals surface area contributed by atoms with Crippen molar-refractivity contribution in [2.24, 2.45) is 0 Å². The summed E-state index contributed by atoms with van der Waals surface area (Å²) in [4.78, 5) is 0. The summed E-state index contributed by atoms with van der Waals surface area (Å²) < 4.78 is 6.98. The molecule has 1 saturated carbocycles. The van der Waals surface area contributed by atoms with Crippen LogP contribution in [0.4, 0.5) is 0 Å². The highest BCUT2D eigenvalue weighted by Gasteiger charge is 2.17. The van der Waals surface area contributed by atoms with E-state index in [-0.39, 0.29) is 0 Å². The maximum Gasteiger partial charge on any atom is 0.0720 e. The summed E-state index contributed by atoms with van der Waals surface area (Å²) in [5.41, 5.74) is 1.28. The quantitative estimate of drug-likeness (QED) is 0.775. The highest BCUT2D eigenvalue weighted by Crippen LogP contribution is 2.23. The summed E-state index contributed by atoms with van der Waals surface area (Å²) in [6.07, 6.45) is 4.39. The van der Waals surface area contributed by atoms with E-state index in [2.05, 4.69) is 46.9 Å². The van der Waals surface area contributed by atoms with Crippen molar-refractivity contribution in [3.8, 4) is 0 Å². The van der Waals surface area contributed by atoms with Gasteiger partial charge in [0, 0.05) is 3.57 Å². The van der Waals surface area contributed by atoms with Gasteiger partial charge < -0.3 is 4.74 Å². The Morgan fingerprint density at radius 1 is 1.23 bits per heavy atom. The van der Waals surface area contributed by atoms with E-state index in [4.69, 9.17) is 4.74 Å². The Bertz CT molecular complexity index is 264. The van der Waals surface area contributed by atoms with Crippen LogP contribution in [0.1, 0.15) is 24.8 Å². The van der Waals surface area contributed by atoms with Crippen LogP contribution in [-0.4, -0.2) is 6.10 Å². The third kappa shape index (κ3) is 2.68. The molecule has 0 amide bonds. The second kappa shape index (κ2) is 4.42. The molecule has 0 aromatic heterocycles. The molecule has 0 unspecified atom stereocenters. The van der Waals surface area contributed by atoms with E-state index in [0.717, 1.165) is 6.61 Å². The van der Waals surface area contributed by atoms with E-state index >= 15 is 0 Å². The van der Waals surface area contributed by atoms with E-state index in [1.54, 1.807) is 0 Å². The van der Waals surface area contributed by atoms with Gasteiger partial charge in [0.2, 0.25) is 0 Å². The van der Waals surface area contributed by atoms with Gasteiger partial charge in [0.1, 0.15) is 0 Å². The van der Waals surface area contributed by atoms with Gasteiger partial charge in [-0.25, -0.2) is 0 Å². The minimum absolute atomic E-state index is 0.541. The fourth-order valence-electron chi connectivity index (χ4n) is 1.33. The Labute approximate surface area is 92.6 Å². The molecule has 0 heterocycles. The van der Waals surface area contributed by atoms with Crippen LogP contribution < -0.4 is 0 Å². The third-order valence-electron chi connectivity index (χ3n) is 2.45. The summed E-state index contributed by atoms with van der Waals surface area (Å²) in [6, 6.07) is 8.53. The molecule has 2 heteroatoms. The van der Waals surface area contributed by atoms with Crippen molar-refractivity contribution in [3.63, 3.8) is 0 Å². The lowest BCUT2D eigenvalue weighted by Crippen LogP contribution is -2.21. The first-order valence-corrected chi connectivity index (χ1v) is 5.78. The molecule has 13 heavy (non-hydrogen) atoms. The maximum absolute atomic E-state index is 5.70. The van der Waals surface area contributed by atoms with Gasteiger partial charge in [-0.3, -0.25) is 0 Å². The van der Waals surface area contributed by atoms with E-state index in [0.29, 0.717) is 6.10 Å². The van der Waals surface area contributed by atoms with Crippen molar-refractivity contribution >= 4 is 22.6 Å². The number of hydrogen-bond acceptors (Lipinski definition) is 1. The number of ether oxygens (including phenoxy) is 1. The van der Waals surface area contributed by atoms with Crippen LogP contribution in [0, 0.1) is 3.57 Å². The summed E-state index contributed by atoms with van der Waals surface area (Å²) >= 11 is 2.32. The Morgan fingerprint density at radius 3 is 2.46 bits per heavy atom. The van der Waals surface area contributed by atoms with Gasteiger partial charge in [0.25, 0.3) is 0 Å². The zero-order valence-corrected chi connectivity index (χ0v) is 9.66. The van der Waals surface area contributed by atoms with Gasteiger partial charge in [-0.2, -0.15) is 0 Å². The van der Waals surface area contributed by atoms with Crippen molar-refractivity contribution in [1.29, 1.82) is 0 Å². The fourth-order valence-corrected chi connectivity index (χ4v) is 1.69. The van der Waals surface area contributed by atoms with Gasteiger partial charge >= 0.3 is 0 Å². The SMILES string of the molecule is Ic1ccc(COC2CCC2)cc1. The number of hydrogen-bond donors (Lipinski definition) is 0. The first-order chi connectivity index (χ1) is 6.34. The standard InChI is InChI=1S/C11H13IO/c12-10-6-4-9(5-7-10)8-13-11-2-1-3-11/h4-7,11H,1-3,8H2. The van der Waals surface area contributed by atoms with E-state index in [1.807, 2.05) is 0 Å². The molecule has 1 aliphatic carbocycles. The molecule has 0 atom stereocenters. The Hall–Kier alpha value is -0.0900. The molecule has 0 radical (unpaired) electrons. The molecule has 1 nitrogen and oxygen atoms in total. The number of halogens is 1. The minimum atomic E-state index is 0.541. The van der Waals surface area contributed by atoms with Crippen LogP contribution in [0.3, 0.4) is 0 Å². The van der Waals surface area contributed by atoms with Crippen LogP contribution in [-0.2, 0) is 11.3 Å². The summed E-state index contributed by atoms with van der Waals surface area (Å²) in [5.74, 6) is 0.